The van der Waals surface area contributed by atoms with Crippen LogP contribution in [0.15, 0.2) is 72.8 Å². The van der Waals surface area contributed by atoms with Crippen LogP contribution in [0.5, 0.6) is 5.75 Å². The Morgan fingerprint density at radius 3 is 1.67 bits per heavy atom. The molecule has 0 unspecified atom stereocenters. The summed E-state index contributed by atoms with van der Waals surface area (Å²) in [6.45, 7) is 2.90. The molecule has 3 aromatic carbocycles. The van der Waals surface area contributed by atoms with Gasteiger partial charge in [0.25, 0.3) is 0 Å². The summed E-state index contributed by atoms with van der Waals surface area (Å²) in [4.78, 5) is 2.44. The fraction of sp³-hybridized carbons (Fsp3) is 0.333. The maximum Gasteiger partial charge on any atom is 0.123 e. The van der Waals surface area contributed by atoms with E-state index in [0.29, 0.717) is 5.75 Å². The first-order valence-corrected chi connectivity index (χ1v) is 11.2. The van der Waals surface area contributed by atoms with Gasteiger partial charge in [-0.3, -0.25) is 0 Å². The van der Waals surface area contributed by atoms with Crippen LogP contribution in [0.1, 0.15) is 42.7 Å². The molecule has 1 aliphatic heterocycles. The standard InChI is InChI=1S/C27H28F3NO.HI/c28-22-7-3-20(4-8-22)27(21-5-9-23(29)10-6-21)2-1-17-31-18-15-26(16-19-31)32-25-13-11-24(30)12-14-25;/h3-14,26-27H,1-2,15-19H2;1H. The van der Waals surface area contributed by atoms with Crippen molar-refractivity contribution >= 4 is 24.0 Å². The average molecular weight is 567 g/mol. The van der Waals surface area contributed by atoms with Crippen molar-refractivity contribution in [3.05, 3.63) is 101 Å². The Kier molecular flexibility index (Phi) is 9.62. The van der Waals surface area contributed by atoms with E-state index in [4.69, 9.17) is 4.74 Å². The molecule has 6 heteroatoms. The highest BCUT2D eigenvalue weighted by atomic mass is 127. The molecule has 4 rings (SSSR count). The van der Waals surface area contributed by atoms with E-state index in [-0.39, 0.29) is 53.5 Å². The van der Waals surface area contributed by atoms with E-state index in [0.717, 1.165) is 56.4 Å². The quantitative estimate of drug-likeness (QED) is 0.268. The maximum absolute atomic E-state index is 13.4. The zero-order chi connectivity index (χ0) is 22.3. The second-order valence-electron chi connectivity index (χ2n) is 8.41. The molecule has 0 spiro atoms. The van der Waals surface area contributed by atoms with Crippen LogP contribution < -0.4 is 4.74 Å². The topological polar surface area (TPSA) is 12.5 Å². The van der Waals surface area contributed by atoms with Gasteiger partial charge in [0.05, 0.1) is 0 Å². The van der Waals surface area contributed by atoms with Crippen molar-refractivity contribution < 1.29 is 17.9 Å². The number of halogens is 4. The van der Waals surface area contributed by atoms with Crippen molar-refractivity contribution in [2.24, 2.45) is 0 Å². The third-order valence-electron chi connectivity index (χ3n) is 6.16. The summed E-state index contributed by atoms with van der Waals surface area (Å²) in [6.07, 6.45) is 3.93. The number of hydrogen-bond acceptors (Lipinski definition) is 2. The van der Waals surface area contributed by atoms with E-state index in [9.17, 15) is 13.2 Å². The third-order valence-corrected chi connectivity index (χ3v) is 6.16. The van der Waals surface area contributed by atoms with Gasteiger partial charge in [-0.2, -0.15) is 0 Å². The summed E-state index contributed by atoms with van der Waals surface area (Å²) in [5.74, 6) is 0.0586. The Balaban J connectivity index is 0.00000306. The molecule has 1 aliphatic rings. The van der Waals surface area contributed by atoms with E-state index in [1.165, 1.54) is 36.4 Å². The predicted octanol–water partition coefficient (Wildman–Crippen LogP) is 7.18. The molecule has 0 amide bonds. The zero-order valence-corrected chi connectivity index (χ0v) is 20.8. The second-order valence-corrected chi connectivity index (χ2v) is 8.41. The lowest BCUT2D eigenvalue weighted by atomic mass is 9.87. The van der Waals surface area contributed by atoms with Gasteiger partial charge in [-0.25, -0.2) is 13.2 Å². The first kappa shape index (κ1) is 25.6. The Morgan fingerprint density at radius 1 is 0.727 bits per heavy atom. The van der Waals surface area contributed by atoms with Crippen molar-refractivity contribution in [2.75, 3.05) is 19.6 Å². The molecule has 1 fully saturated rings. The van der Waals surface area contributed by atoms with E-state index in [1.54, 1.807) is 12.1 Å². The van der Waals surface area contributed by atoms with Gasteiger partial charge >= 0.3 is 0 Å². The van der Waals surface area contributed by atoms with Gasteiger partial charge in [0.15, 0.2) is 0 Å². The molecule has 1 saturated heterocycles. The van der Waals surface area contributed by atoms with Crippen LogP contribution >= 0.6 is 24.0 Å². The number of ether oxygens (including phenoxy) is 1. The van der Waals surface area contributed by atoms with E-state index >= 15 is 0 Å². The summed E-state index contributed by atoms with van der Waals surface area (Å²) >= 11 is 0. The van der Waals surface area contributed by atoms with Crippen molar-refractivity contribution in [3.63, 3.8) is 0 Å². The minimum Gasteiger partial charge on any atom is -0.490 e. The Morgan fingerprint density at radius 2 is 1.18 bits per heavy atom. The van der Waals surface area contributed by atoms with E-state index < -0.39 is 0 Å². The SMILES string of the molecule is Fc1ccc(OC2CCN(CCCC(c3ccc(F)cc3)c3ccc(F)cc3)CC2)cc1.I. The normalized spacial score (nSPS) is 14.8. The number of hydrogen-bond donors (Lipinski definition) is 0. The first-order chi connectivity index (χ1) is 15.6. The highest BCUT2D eigenvalue weighted by Crippen LogP contribution is 2.30. The third kappa shape index (κ3) is 7.47. The molecule has 1 heterocycles. The second kappa shape index (κ2) is 12.4. The van der Waals surface area contributed by atoms with Gasteiger partial charge < -0.3 is 9.64 Å². The van der Waals surface area contributed by atoms with Crippen LogP contribution in [0.2, 0.25) is 0 Å². The molecule has 0 aliphatic carbocycles. The highest BCUT2D eigenvalue weighted by Gasteiger charge is 2.21. The van der Waals surface area contributed by atoms with Gasteiger partial charge in [0.1, 0.15) is 29.3 Å². The summed E-state index contributed by atoms with van der Waals surface area (Å²) < 4.78 is 45.8. The number of nitrogens with zero attached hydrogens (tertiary/aromatic N) is 1. The molecule has 176 valence electrons. The van der Waals surface area contributed by atoms with Crippen molar-refractivity contribution in [1.82, 2.24) is 4.90 Å². The lowest BCUT2D eigenvalue weighted by Gasteiger charge is -2.32. The van der Waals surface area contributed by atoms with Crippen LogP contribution in [0.25, 0.3) is 0 Å². The largest absolute Gasteiger partial charge is 0.490 e. The monoisotopic (exact) mass is 567 g/mol. The van der Waals surface area contributed by atoms with Gasteiger partial charge in [0, 0.05) is 19.0 Å². The molecule has 0 saturated carbocycles. The summed E-state index contributed by atoms with van der Waals surface area (Å²) in [6, 6.07) is 19.4. The van der Waals surface area contributed by atoms with Crippen molar-refractivity contribution in [1.29, 1.82) is 0 Å². The average Bonchev–Trinajstić information content (AvgIpc) is 2.81. The van der Waals surface area contributed by atoms with Crippen LogP contribution in [-0.4, -0.2) is 30.6 Å². The van der Waals surface area contributed by atoms with Crippen molar-refractivity contribution in [2.45, 2.75) is 37.7 Å². The van der Waals surface area contributed by atoms with E-state index in [1.807, 2.05) is 24.3 Å². The van der Waals surface area contributed by atoms with Crippen LogP contribution in [0, 0.1) is 17.5 Å². The number of rotatable bonds is 8. The zero-order valence-electron chi connectivity index (χ0n) is 18.4. The molecule has 0 bridgehead atoms. The molecule has 2 nitrogen and oxygen atoms in total. The predicted molar refractivity (Wildman–Crippen MR) is 136 cm³/mol. The summed E-state index contributed by atoms with van der Waals surface area (Å²) in [5, 5.41) is 0. The molecule has 3 aromatic rings. The Hall–Kier alpha value is -2.06. The fourth-order valence-corrected chi connectivity index (χ4v) is 4.39. The summed E-state index contributed by atoms with van der Waals surface area (Å²) in [5.41, 5.74) is 2.09. The molecule has 0 atom stereocenters. The molecule has 0 aromatic heterocycles. The van der Waals surface area contributed by atoms with Crippen molar-refractivity contribution in [3.8, 4) is 5.75 Å². The molecular formula is C27H29F3INO. The lowest BCUT2D eigenvalue weighted by Crippen LogP contribution is -2.38. The minimum absolute atomic E-state index is 0. The maximum atomic E-state index is 13.4. The number of piperidine rings is 1. The number of likely N-dealkylation sites (tertiary alicyclic amines) is 1. The van der Waals surface area contributed by atoms with Gasteiger partial charge in [-0.1, -0.05) is 24.3 Å². The molecule has 33 heavy (non-hydrogen) atoms. The van der Waals surface area contributed by atoms with Gasteiger partial charge in [-0.15, -0.1) is 24.0 Å². The lowest BCUT2D eigenvalue weighted by molar-refractivity contribution is 0.0994. The fourth-order valence-electron chi connectivity index (χ4n) is 4.39. The molecule has 0 N–H and O–H groups in total. The summed E-state index contributed by atoms with van der Waals surface area (Å²) in [7, 11) is 0. The number of benzene rings is 3. The van der Waals surface area contributed by atoms with Crippen LogP contribution in [0.3, 0.4) is 0 Å². The van der Waals surface area contributed by atoms with Gasteiger partial charge in [-0.05, 0) is 91.9 Å². The minimum atomic E-state index is -0.258. The Bertz CT molecular complexity index is 926. The highest BCUT2D eigenvalue weighted by molar-refractivity contribution is 14.0. The molecule has 0 radical (unpaired) electrons. The Labute approximate surface area is 210 Å². The molecular weight excluding hydrogens is 538 g/mol. The van der Waals surface area contributed by atoms with Crippen LogP contribution in [-0.2, 0) is 0 Å². The van der Waals surface area contributed by atoms with E-state index in [2.05, 4.69) is 4.90 Å². The first-order valence-electron chi connectivity index (χ1n) is 11.2. The van der Waals surface area contributed by atoms with Crippen LogP contribution in [0.4, 0.5) is 13.2 Å². The smallest absolute Gasteiger partial charge is 0.123 e. The van der Waals surface area contributed by atoms with Gasteiger partial charge in [0.2, 0.25) is 0 Å².